The maximum atomic E-state index is 15.0. The number of nitrogens with zero attached hydrogens (tertiary/aromatic N) is 4. The minimum atomic E-state index is -0.690. The number of hydrogen-bond acceptors (Lipinski definition) is 8. The standard InChI is InChI=1S/C26H21ClFN5O3S/c1-14-9-16(24-17(10-14)32-21(35-2)13-30-24)26-33-25-19(37-26)11-18(23(28)22(25)27)36-8-4-6-20(34)31-15-5-3-7-29-12-15/h3,5,7,9-13H,4,6,8H2,1-2H3,(H,31,34). The molecule has 0 saturated heterocycles. The Morgan fingerprint density at radius 3 is 2.84 bits per heavy atom. The monoisotopic (exact) mass is 537 g/mol. The van der Waals surface area contributed by atoms with Crippen LogP contribution in [0.3, 0.4) is 0 Å². The Kier molecular flexibility index (Phi) is 7.11. The molecular weight excluding hydrogens is 517 g/mol. The molecule has 3 aromatic heterocycles. The third-order valence-electron chi connectivity index (χ3n) is 5.49. The molecule has 0 fully saturated rings. The zero-order valence-corrected chi connectivity index (χ0v) is 21.5. The molecule has 0 aliphatic heterocycles. The van der Waals surface area contributed by atoms with Gasteiger partial charge in [-0.3, -0.25) is 9.78 Å². The fourth-order valence-electron chi connectivity index (χ4n) is 3.79. The number of aromatic nitrogens is 4. The minimum absolute atomic E-state index is 0.0130. The molecule has 5 aromatic rings. The van der Waals surface area contributed by atoms with E-state index in [1.165, 1.54) is 18.4 Å². The number of aryl methyl sites for hydroxylation is 1. The average molecular weight is 538 g/mol. The van der Waals surface area contributed by atoms with Crippen molar-refractivity contribution in [1.29, 1.82) is 0 Å². The van der Waals surface area contributed by atoms with Crippen LogP contribution in [0.2, 0.25) is 5.02 Å². The second kappa shape index (κ2) is 10.6. The number of methoxy groups -OCH3 is 1. The summed E-state index contributed by atoms with van der Waals surface area (Å²) in [6.45, 7) is 2.10. The lowest BCUT2D eigenvalue weighted by Crippen LogP contribution is -2.13. The van der Waals surface area contributed by atoms with Gasteiger partial charge in [0.1, 0.15) is 15.5 Å². The maximum Gasteiger partial charge on any atom is 0.232 e. The molecule has 0 atom stereocenters. The zero-order chi connectivity index (χ0) is 25.9. The summed E-state index contributed by atoms with van der Waals surface area (Å²) >= 11 is 7.70. The summed E-state index contributed by atoms with van der Waals surface area (Å²) in [6, 6.07) is 8.94. The molecular formula is C26H21ClFN5O3S. The van der Waals surface area contributed by atoms with Crippen molar-refractivity contribution in [3.8, 4) is 22.2 Å². The quantitative estimate of drug-likeness (QED) is 0.235. The van der Waals surface area contributed by atoms with Crippen LogP contribution < -0.4 is 14.8 Å². The predicted octanol–water partition coefficient (Wildman–Crippen LogP) is 6.21. The number of halogens is 2. The van der Waals surface area contributed by atoms with Crippen LogP contribution in [0.5, 0.6) is 11.6 Å². The molecule has 11 heteroatoms. The summed E-state index contributed by atoms with van der Waals surface area (Å²) in [5.41, 5.74) is 4.02. The fraction of sp³-hybridized carbons (Fsp3) is 0.192. The number of rotatable bonds is 8. The van der Waals surface area contributed by atoms with E-state index in [4.69, 9.17) is 21.1 Å². The molecule has 3 heterocycles. The molecule has 8 nitrogen and oxygen atoms in total. The lowest BCUT2D eigenvalue weighted by Gasteiger charge is -2.09. The van der Waals surface area contributed by atoms with Gasteiger partial charge in [0.25, 0.3) is 0 Å². The highest BCUT2D eigenvalue weighted by Gasteiger charge is 2.20. The zero-order valence-electron chi connectivity index (χ0n) is 19.9. The van der Waals surface area contributed by atoms with Gasteiger partial charge in [0.15, 0.2) is 11.6 Å². The normalized spacial score (nSPS) is 11.1. The summed E-state index contributed by atoms with van der Waals surface area (Å²) in [5.74, 6) is -0.443. The molecule has 1 amide bonds. The first-order valence-corrected chi connectivity index (χ1v) is 12.6. The minimum Gasteiger partial charge on any atom is -0.490 e. The van der Waals surface area contributed by atoms with Gasteiger partial charge in [-0.2, -0.15) is 0 Å². The van der Waals surface area contributed by atoms with Gasteiger partial charge in [0.05, 0.1) is 47.5 Å². The highest BCUT2D eigenvalue weighted by molar-refractivity contribution is 7.21. The first-order chi connectivity index (χ1) is 17.9. The molecule has 0 aliphatic rings. The number of nitrogens with one attached hydrogen (secondary N) is 1. The van der Waals surface area contributed by atoms with Gasteiger partial charge < -0.3 is 14.8 Å². The van der Waals surface area contributed by atoms with Crippen molar-refractivity contribution < 1.29 is 18.7 Å². The van der Waals surface area contributed by atoms with E-state index in [-0.39, 0.29) is 29.7 Å². The SMILES string of the molecule is COc1cnc2c(-c3nc4c(Cl)c(F)c(OCCCC(=O)Nc5cccnc5)cc4s3)cc(C)cc2n1. The van der Waals surface area contributed by atoms with Crippen LogP contribution in [0.1, 0.15) is 18.4 Å². The Bertz CT molecular complexity index is 1610. The Hall–Kier alpha value is -3.89. The van der Waals surface area contributed by atoms with E-state index in [9.17, 15) is 4.79 Å². The third-order valence-corrected chi connectivity index (χ3v) is 6.87. The lowest BCUT2D eigenvalue weighted by molar-refractivity contribution is -0.116. The van der Waals surface area contributed by atoms with Gasteiger partial charge >= 0.3 is 0 Å². The summed E-state index contributed by atoms with van der Waals surface area (Å²) in [5, 5.41) is 3.27. The van der Waals surface area contributed by atoms with Crippen LogP contribution in [0, 0.1) is 12.7 Å². The van der Waals surface area contributed by atoms with Crippen molar-refractivity contribution in [3.63, 3.8) is 0 Å². The molecule has 1 N–H and O–H groups in total. The van der Waals surface area contributed by atoms with Crippen molar-refractivity contribution in [2.24, 2.45) is 0 Å². The van der Waals surface area contributed by atoms with Gasteiger partial charge in [0, 0.05) is 24.2 Å². The number of carbonyl (C=O) groups excluding carboxylic acids is 1. The number of carbonyl (C=O) groups is 1. The number of pyridine rings is 1. The number of hydrogen-bond donors (Lipinski definition) is 1. The summed E-state index contributed by atoms with van der Waals surface area (Å²) in [7, 11) is 1.54. The predicted molar refractivity (Wildman–Crippen MR) is 142 cm³/mol. The van der Waals surface area contributed by atoms with Crippen molar-refractivity contribution in [1.82, 2.24) is 19.9 Å². The van der Waals surface area contributed by atoms with Crippen LogP contribution in [-0.4, -0.2) is 39.6 Å². The number of fused-ring (bicyclic) bond motifs is 2. The maximum absolute atomic E-state index is 15.0. The number of amides is 1. The van der Waals surface area contributed by atoms with Crippen LogP contribution in [0.4, 0.5) is 10.1 Å². The highest BCUT2D eigenvalue weighted by atomic mass is 35.5. The number of ether oxygens (including phenoxy) is 2. The second-order valence-corrected chi connectivity index (χ2v) is 9.61. The van der Waals surface area contributed by atoms with Crippen molar-refractivity contribution in [2.75, 3.05) is 19.0 Å². The highest BCUT2D eigenvalue weighted by Crippen LogP contribution is 2.40. The summed E-state index contributed by atoms with van der Waals surface area (Å²) < 4.78 is 26.5. The number of benzene rings is 2. The molecule has 0 aliphatic carbocycles. The van der Waals surface area contributed by atoms with Gasteiger partial charge in [-0.25, -0.2) is 19.3 Å². The molecule has 2 aromatic carbocycles. The van der Waals surface area contributed by atoms with E-state index in [1.807, 2.05) is 19.1 Å². The van der Waals surface area contributed by atoms with Gasteiger partial charge in [-0.05, 0) is 43.2 Å². The molecule has 0 saturated carbocycles. The number of anilines is 1. The second-order valence-electron chi connectivity index (χ2n) is 8.20. The molecule has 0 radical (unpaired) electrons. The van der Waals surface area contributed by atoms with Crippen LogP contribution in [-0.2, 0) is 4.79 Å². The Morgan fingerprint density at radius 1 is 1.19 bits per heavy atom. The molecule has 0 bridgehead atoms. The van der Waals surface area contributed by atoms with E-state index in [0.717, 1.165) is 11.1 Å². The van der Waals surface area contributed by atoms with Gasteiger partial charge in [0.2, 0.25) is 11.8 Å². The smallest absolute Gasteiger partial charge is 0.232 e. The first kappa shape index (κ1) is 24.8. The largest absolute Gasteiger partial charge is 0.490 e. The van der Waals surface area contributed by atoms with E-state index in [1.54, 1.807) is 36.8 Å². The molecule has 5 rings (SSSR count). The topological polar surface area (TPSA) is 99.1 Å². The van der Waals surface area contributed by atoms with Crippen molar-refractivity contribution in [2.45, 2.75) is 19.8 Å². The fourth-order valence-corrected chi connectivity index (χ4v) is 5.10. The molecule has 0 spiro atoms. The Balaban J connectivity index is 1.35. The number of thiazole rings is 1. The van der Waals surface area contributed by atoms with E-state index in [0.29, 0.717) is 44.2 Å². The average Bonchev–Trinajstić information content (AvgIpc) is 3.33. The molecule has 37 heavy (non-hydrogen) atoms. The Labute approximate surface area is 220 Å². The van der Waals surface area contributed by atoms with Crippen LogP contribution >= 0.6 is 22.9 Å². The Morgan fingerprint density at radius 2 is 2.05 bits per heavy atom. The summed E-state index contributed by atoms with van der Waals surface area (Å²) in [6.07, 6.45) is 5.34. The lowest BCUT2D eigenvalue weighted by atomic mass is 10.1. The van der Waals surface area contributed by atoms with E-state index in [2.05, 4.69) is 25.3 Å². The van der Waals surface area contributed by atoms with E-state index < -0.39 is 5.82 Å². The van der Waals surface area contributed by atoms with Gasteiger partial charge in [-0.15, -0.1) is 11.3 Å². The van der Waals surface area contributed by atoms with Crippen LogP contribution in [0.25, 0.3) is 31.8 Å². The first-order valence-electron chi connectivity index (χ1n) is 11.4. The van der Waals surface area contributed by atoms with Crippen LogP contribution in [0.15, 0.2) is 48.9 Å². The van der Waals surface area contributed by atoms with Crippen molar-refractivity contribution in [3.05, 3.63) is 65.3 Å². The van der Waals surface area contributed by atoms with Gasteiger partial charge in [-0.1, -0.05) is 11.6 Å². The van der Waals surface area contributed by atoms with E-state index >= 15 is 4.39 Å². The molecule has 188 valence electrons. The molecule has 0 unspecified atom stereocenters. The van der Waals surface area contributed by atoms with Crippen molar-refractivity contribution >= 4 is 55.8 Å². The third kappa shape index (κ3) is 5.30. The summed E-state index contributed by atoms with van der Waals surface area (Å²) in [4.78, 5) is 29.6.